The Morgan fingerprint density at radius 3 is 2.50 bits per heavy atom. The highest BCUT2D eigenvalue weighted by molar-refractivity contribution is 8.00. The lowest BCUT2D eigenvalue weighted by atomic mass is 9.73. The van der Waals surface area contributed by atoms with E-state index in [-0.39, 0.29) is 17.5 Å². The van der Waals surface area contributed by atoms with Crippen LogP contribution in [0.5, 0.6) is 5.75 Å². The van der Waals surface area contributed by atoms with E-state index >= 15 is 0 Å². The number of hydrogen-bond acceptors (Lipinski definition) is 4. The predicted molar refractivity (Wildman–Crippen MR) is 101 cm³/mol. The summed E-state index contributed by atoms with van der Waals surface area (Å²) in [6, 6.07) is 9.93. The molecule has 7 heteroatoms. The maximum atomic E-state index is 14.8. The Labute approximate surface area is 165 Å². The summed E-state index contributed by atoms with van der Waals surface area (Å²) < 4.78 is 42.0. The maximum absolute atomic E-state index is 14.8. The summed E-state index contributed by atoms with van der Waals surface area (Å²) in [4.78, 5) is 1.02. The minimum atomic E-state index is -0.480. The van der Waals surface area contributed by atoms with Crippen LogP contribution in [0.2, 0.25) is 5.02 Å². The normalized spacial score (nSPS) is 23.7. The van der Waals surface area contributed by atoms with Gasteiger partial charge in [-0.15, -0.1) is 11.8 Å². The molecule has 1 saturated carbocycles. The second kappa shape index (κ2) is 8.19. The Morgan fingerprint density at radius 2 is 1.77 bits per heavy atom. The van der Waals surface area contributed by atoms with Gasteiger partial charge in [0.1, 0.15) is 5.82 Å². The number of hydrogen-bond donors (Lipinski definition) is 0. The molecular weight excluding hydrogens is 398 g/mol. The smallest absolute Gasteiger partial charge is 0.197 e. The third kappa shape index (κ3) is 3.47. The van der Waals surface area contributed by atoms with E-state index in [2.05, 4.69) is 12.5 Å². The third-order valence-corrected chi connectivity index (χ3v) is 6.90. The molecule has 2 atom stereocenters. The van der Waals surface area contributed by atoms with Gasteiger partial charge in [-0.2, -0.15) is 4.21 Å². The highest BCUT2D eigenvalue weighted by Gasteiger charge is 2.50. The minimum Gasteiger partial charge on any atom is -0.490 e. The van der Waals surface area contributed by atoms with Crippen molar-refractivity contribution in [2.45, 2.75) is 35.3 Å². The summed E-state index contributed by atoms with van der Waals surface area (Å²) in [7, 11) is 0. The van der Waals surface area contributed by atoms with Crippen LogP contribution in [-0.4, -0.2) is 10.8 Å². The Hall–Kier alpha value is -1.24. The van der Waals surface area contributed by atoms with E-state index in [9.17, 15) is 8.78 Å². The predicted octanol–water partition coefficient (Wildman–Crippen LogP) is 5.85. The van der Waals surface area contributed by atoms with Crippen molar-refractivity contribution in [1.29, 1.82) is 0 Å². The van der Waals surface area contributed by atoms with Gasteiger partial charge in [-0.25, -0.2) is 8.78 Å². The van der Waals surface area contributed by atoms with Crippen LogP contribution < -0.4 is 4.74 Å². The second-order valence-electron chi connectivity index (χ2n) is 6.43. The van der Waals surface area contributed by atoms with Gasteiger partial charge in [-0.3, -0.25) is 0 Å². The zero-order valence-electron chi connectivity index (χ0n) is 13.8. The molecule has 1 aliphatic heterocycles. The number of ether oxygens (including phenoxy) is 1. The van der Waals surface area contributed by atoms with Crippen molar-refractivity contribution in [2.75, 3.05) is 6.61 Å². The molecule has 1 unspecified atom stereocenters. The van der Waals surface area contributed by atoms with Gasteiger partial charge in [0.2, 0.25) is 0 Å². The summed E-state index contributed by atoms with van der Waals surface area (Å²) in [6.07, 6.45) is 3.90. The Balaban J connectivity index is 0.000000948. The minimum absolute atomic E-state index is 0.0922. The van der Waals surface area contributed by atoms with Gasteiger partial charge >= 0.3 is 0 Å². The van der Waals surface area contributed by atoms with Crippen molar-refractivity contribution in [1.82, 2.24) is 0 Å². The monoisotopic (exact) mass is 414 g/mol. The molecule has 1 aliphatic carbocycles. The van der Waals surface area contributed by atoms with Gasteiger partial charge in [0, 0.05) is 21.4 Å². The summed E-state index contributed by atoms with van der Waals surface area (Å²) in [5.74, 6) is -0.587. The van der Waals surface area contributed by atoms with Crippen LogP contribution in [0, 0.1) is 17.6 Å². The molecule has 1 fully saturated rings. The van der Waals surface area contributed by atoms with Crippen molar-refractivity contribution in [3.8, 4) is 5.75 Å². The van der Waals surface area contributed by atoms with Crippen LogP contribution in [0.1, 0.15) is 31.2 Å². The molecule has 0 N–H and O–H groups in total. The summed E-state index contributed by atoms with van der Waals surface area (Å²) in [6.45, 7) is 0.438. The lowest BCUT2D eigenvalue weighted by molar-refractivity contribution is 0.130. The van der Waals surface area contributed by atoms with Crippen LogP contribution in [0.25, 0.3) is 0 Å². The molecule has 0 saturated heterocycles. The first-order chi connectivity index (χ1) is 12.6. The zero-order chi connectivity index (χ0) is 18.7. The number of rotatable bonds is 2. The Morgan fingerprint density at radius 1 is 1.08 bits per heavy atom. The average Bonchev–Trinajstić information content (AvgIpc) is 2.67. The van der Waals surface area contributed by atoms with Crippen LogP contribution in [0.4, 0.5) is 8.78 Å². The van der Waals surface area contributed by atoms with E-state index in [1.165, 1.54) is 6.07 Å². The average molecular weight is 415 g/mol. The van der Waals surface area contributed by atoms with Gasteiger partial charge in [0.25, 0.3) is 0 Å². The van der Waals surface area contributed by atoms with E-state index in [4.69, 9.17) is 20.5 Å². The summed E-state index contributed by atoms with van der Waals surface area (Å²) in [5, 5.41) is 0.668. The van der Waals surface area contributed by atoms with Gasteiger partial charge < -0.3 is 4.74 Å². The first-order valence-electron chi connectivity index (χ1n) is 8.33. The summed E-state index contributed by atoms with van der Waals surface area (Å²) in [5.41, 5.74) is 0.401. The van der Waals surface area contributed by atoms with Crippen molar-refractivity contribution in [3.63, 3.8) is 0 Å². The highest BCUT2D eigenvalue weighted by Crippen LogP contribution is 2.59. The molecule has 4 rings (SSSR count). The first kappa shape index (κ1) is 19.5. The molecule has 0 bridgehead atoms. The first-order valence-corrected chi connectivity index (χ1v) is 9.85. The molecule has 1 heterocycles. The molecule has 2 aromatic rings. The number of thioether (sulfide) groups is 1. The van der Waals surface area contributed by atoms with Gasteiger partial charge in [-0.05, 0) is 49.2 Å². The Bertz CT molecular complexity index is 788. The van der Waals surface area contributed by atoms with Crippen molar-refractivity contribution in [2.24, 2.45) is 5.92 Å². The molecular formula is C19H17ClF2O2S2. The zero-order valence-corrected chi connectivity index (χ0v) is 16.2. The van der Waals surface area contributed by atoms with E-state index < -0.39 is 10.6 Å². The maximum Gasteiger partial charge on any atom is 0.197 e. The van der Waals surface area contributed by atoms with E-state index in [0.29, 0.717) is 17.2 Å². The lowest BCUT2D eigenvalue weighted by Gasteiger charge is -2.47. The van der Waals surface area contributed by atoms with Crippen molar-refractivity contribution >= 4 is 35.9 Å². The van der Waals surface area contributed by atoms with E-state index in [1.807, 2.05) is 24.3 Å². The lowest BCUT2D eigenvalue weighted by Crippen LogP contribution is -2.43. The quantitative estimate of drug-likeness (QED) is 0.615. The topological polar surface area (TPSA) is 26.3 Å². The van der Waals surface area contributed by atoms with E-state index in [1.54, 1.807) is 11.8 Å². The highest BCUT2D eigenvalue weighted by atomic mass is 35.5. The van der Waals surface area contributed by atoms with Crippen molar-refractivity contribution in [3.05, 3.63) is 58.6 Å². The third-order valence-electron chi connectivity index (χ3n) is 5.03. The number of fused-ring (bicyclic) bond motifs is 3. The van der Waals surface area contributed by atoms with Crippen LogP contribution >= 0.6 is 23.4 Å². The standard InChI is InChI=1S/C19H17ClF2OS.OS/c20-13-4-6-14(7-5-13)24-19-10-2-1-3-12(19)11-23-18-16(22)9-8-15(21)17(18)19;1-2/h4-9,12H,1-3,10-11H2;/t12?,19-;/m0./s1. The van der Waals surface area contributed by atoms with Crippen LogP contribution in [0.15, 0.2) is 41.3 Å². The van der Waals surface area contributed by atoms with Gasteiger partial charge in [0.15, 0.2) is 24.1 Å². The van der Waals surface area contributed by atoms with E-state index in [0.717, 1.165) is 36.6 Å². The van der Waals surface area contributed by atoms with Gasteiger partial charge in [0.05, 0.1) is 11.4 Å². The van der Waals surface area contributed by atoms with Crippen molar-refractivity contribution < 1.29 is 17.7 Å². The fraction of sp³-hybridized carbons (Fsp3) is 0.368. The summed E-state index contributed by atoms with van der Waals surface area (Å²) >= 11 is 10.4. The second-order valence-corrected chi connectivity index (χ2v) is 8.27. The van der Waals surface area contributed by atoms with Gasteiger partial charge in [-0.1, -0.05) is 24.4 Å². The largest absolute Gasteiger partial charge is 0.490 e. The molecule has 0 spiro atoms. The Kier molecular flexibility index (Phi) is 6.15. The fourth-order valence-corrected chi connectivity index (χ4v) is 5.62. The fourth-order valence-electron chi connectivity index (χ4n) is 3.91. The number of halogens is 3. The number of benzene rings is 2. The van der Waals surface area contributed by atoms with Crippen LogP contribution in [-0.2, 0) is 17.3 Å². The molecule has 138 valence electrons. The molecule has 2 aliphatic rings. The molecule has 0 radical (unpaired) electrons. The molecule has 26 heavy (non-hydrogen) atoms. The van der Waals surface area contributed by atoms with Crippen LogP contribution in [0.3, 0.4) is 0 Å². The molecule has 0 aromatic heterocycles. The SMILES string of the molecule is Fc1ccc(F)c2c1OCC1CCCC[C@@]21Sc1ccc(Cl)cc1.O=S. The molecule has 2 nitrogen and oxygen atoms in total. The molecule has 2 aromatic carbocycles. The molecule has 0 amide bonds.